The van der Waals surface area contributed by atoms with Crippen LogP contribution in [-0.2, 0) is 0 Å². The van der Waals surface area contributed by atoms with Crippen molar-refractivity contribution in [2.75, 3.05) is 21.3 Å². The largest absolute Gasteiger partial charge is 0.496 e. The van der Waals surface area contributed by atoms with Gasteiger partial charge in [0.05, 0.1) is 32.2 Å². The summed E-state index contributed by atoms with van der Waals surface area (Å²) in [6, 6.07) is 16.9. The van der Waals surface area contributed by atoms with Crippen LogP contribution in [0.5, 0.6) is 17.2 Å². The van der Waals surface area contributed by atoms with Gasteiger partial charge in [0.1, 0.15) is 17.2 Å². The number of aromatic amines is 1. The molecule has 5 aromatic rings. The van der Waals surface area contributed by atoms with E-state index in [-0.39, 0.29) is 0 Å². The third-order valence-corrected chi connectivity index (χ3v) is 5.32. The maximum absolute atomic E-state index is 5.78. The molecule has 0 spiro atoms. The van der Waals surface area contributed by atoms with E-state index in [0.29, 0.717) is 0 Å². The minimum Gasteiger partial charge on any atom is -0.496 e. The third-order valence-electron chi connectivity index (χ3n) is 5.32. The van der Waals surface area contributed by atoms with Crippen LogP contribution in [0.3, 0.4) is 0 Å². The summed E-state index contributed by atoms with van der Waals surface area (Å²) in [6.07, 6.45) is 1.87. The maximum atomic E-state index is 5.78. The molecular weight excluding hydrogens is 338 g/mol. The van der Waals surface area contributed by atoms with E-state index in [1.54, 1.807) is 21.3 Å². The molecule has 0 saturated heterocycles. The smallest absolute Gasteiger partial charge is 0.147 e. The summed E-state index contributed by atoms with van der Waals surface area (Å²) in [6.45, 7) is 0. The van der Waals surface area contributed by atoms with Crippen molar-refractivity contribution in [2.45, 2.75) is 0 Å². The molecule has 0 aliphatic rings. The summed E-state index contributed by atoms with van der Waals surface area (Å²) in [4.78, 5) is 3.35. The standard InChI is InChI=1S/C23H19NO3/c1-25-18-10-13-6-4-5-7-14(13)15-8-9-16-17(21(15)18)11-19(26-2)22-20(27-3)12-24-23(16)22/h4-12,24H,1-3H3. The SMILES string of the molecule is COc1c[nH]c2c1c(OC)cc1c2ccc2c3ccccc3cc(OC)c21. The number of fused-ring (bicyclic) bond motifs is 7. The van der Waals surface area contributed by atoms with Crippen LogP contribution < -0.4 is 14.2 Å². The molecule has 4 heteroatoms. The Hall–Kier alpha value is -3.40. The highest BCUT2D eigenvalue weighted by molar-refractivity contribution is 6.25. The molecule has 5 rings (SSSR count). The van der Waals surface area contributed by atoms with E-state index >= 15 is 0 Å². The van der Waals surface area contributed by atoms with Crippen LogP contribution in [0.25, 0.3) is 43.2 Å². The van der Waals surface area contributed by atoms with Gasteiger partial charge in [0, 0.05) is 17.0 Å². The summed E-state index contributed by atoms with van der Waals surface area (Å²) in [5, 5.41) is 7.76. The molecule has 0 fully saturated rings. The third kappa shape index (κ3) is 2.10. The van der Waals surface area contributed by atoms with Gasteiger partial charge in [-0.25, -0.2) is 0 Å². The van der Waals surface area contributed by atoms with E-state index < -0.39 is 0 Å². The lowest BCUT2D eigenvalue weighted by Gasteiger charge is -2.14. The molecule has 1 heterocycles. The van der Waals surface area contributed by atoms with Crippen LogP contribution in [0.2, 0.25) is 0 Å². The van der Waals surface area contributed by atoms with Crippen molar-refractivity contribution >= 4 is 43.2 Å². The Kier molecular flexibility index (Phi) is 3.41. The first-order valence-electron chi connectivity index (χ1n) is 8.81. The fourth-order valence-electron chi connectivity index (χ4n) is 4.11. The van der Waals surface area contributed by atoms with Crippen LogP contribution in [0, 0.1) is 0 Å². The number of hydrogen-bond acceptors (Lipinski definition) is 3. The minimum absolute atomic E-state index is 0.773. The summed E-state index contributed by atoms with van der Waals surface area (Å²) in [5.74, 6) is 2.40. The van der Waals surface area contributed by atoms with Crippen molar-refractivity contribution in [3.8, 4) is 17.2 Å². The second kappa shape index (κ2) is 5.81. The van der Waals surface area contributed by atoms with Gasteiger partial charge in [0.2, 0.25) is 0 Å². The van der Waals surface area contributed by atoms with Gasteiger partial charge in [-0.1, -0.05) is 36.4 Å². The molecule has 134 valence electrons. The highest BCUT2D eigenvalue weighted by Crippen LogP contribution is 2.44. The molecule has 0 bridgehead atoms. The quantitative estimate of drug-likeness (QED) is 0.424. The second-order valence-corrected chi connectivity index (χ2v) is 6.57. The van der Waals surface area contributed by atoms with Crippen LogP contribution in [0.4, 0.5) is 0 Å². The van der Waals surface area contributed by atoms with E-state index in [0.717, 1.165) is 55.1 Å². The predicted molar refractivity (Wildman–Crippen MR) is 110 cm³/mol. The Bertz CT molecular complexity index is 1330. The molecular formula is C23H19NO3. The lowest BCUT2D eigenvalue weighted by Crippen LogP contribution is -1.91. The van der Waals surface area contributed by atoms with Crippen molar-refractivity contribution in [3.05, 3.63) is 54.7 Å². The zero-order valence-corrected chi connectivity index (χ0v) is 15.4. The number of benzene rings is 4. The number of ether oxygens (including phenoxy) is 3. The predicted octanol–water partition coefficient (Wildman–Crippen LogP) is 5.65. The lowest BCUT2D eigenvalue weighted by atomic mass is 9.95. The fourth-order valence-corrected chi connectivity index (χ4v) is 4.11. The molecule has 0 aliphatic carbocycles. The molecule has 1 aromatic heterocycles. The fraction of sp³-hybridized carbons (Fsp3) is 0.130. The average molecular weight is 357 g/mol. The Morgan fingerprint density at radius 2 is 1.33 bits per heavy atom. The van der Waals surface area contributed by atoms with Crippen LogP contribution in [0.15, 0.2) is 54.7 Å². The molecule has 0 unspecified atom stereocenters. The molecule has 0 atom stereocenters. The van der Waals surface area contributed by atoms with E-state index in [4.69, 9.17) is 14.2 Å². The van der Waals surface area contributed by atoms with Gasteiger partial charge in [-0.15, -0.1) is 0 Å². The zero-order valence-electron chi connectivity index (χ0n) is 15.4. The lowest BCUT2D eigenvalue weighted by molar-refractivity contribution is 0.406. The Balaban J connectivity index is 2.05. The summed E-state index contributed by atoms with van der Waals surface area (Å²) < 4.78 is 17.0. The Morgan fingerprint density at radius 3 is 2.11 bits per heavy atom. The van der Waals surface area contributed by atoms with Crippen LogP contribution in [-0.4, -0.2) is 26.3 Å². The van der Waals surface area contributed by atoms with Gasteiger partial charge in [0.25, 0.3) is 0 Å². The molecule has 0 radical (unpaired) electrons. The van der Waals surface area contributed by atoms with Gasteiger partial charge in [-0.05, 0) is 33.7 Å². The highest BCUT2D eigenvalue weighted by Gasteiger charge is 2.18. The highest BCUT2D eigenvalue weighted by atomic mass is 16.5. The molecule has 1 N–H and O–H groups in total. The zero-order chi connectivity index (χ0) is 18.5. The maximum Gasteiger partial charge on any atom is 0.147 e. The summed E-state index contributed by atoms with van der Waals surface area (Å²) in [7, 11) is 5.07. The van der Waals surface area contributed by atoms with Crippen molar-refractivity contribution in [2.24, 2.45) is 0 Å². The average Bonchev–Trinajstić information content (AvgIpc) is 3.16. The number of methoxy groups -OCH3 is 3. The van der Waals surface area contributed by atoms with E-state index in [2.05, 4.69) is 47.4 Å². The van der Waals surface area contributed by atoms with Gasteiger partial charge in [-0.3, -0.25) is 0 Å². The topological polar surface area (TPSA) is 43.5 Å². The minimum atomic E-state index is 0.773. The van der Waals surface area contributed by atoms with Crippen LogP contribution >= 0.6 is 0 Å². The van der Waals surface area contributed by atoms with Gasteiger partial charge < -0.3 is 19.2 Å². The molecule has 4 aromatic carbocycles. The van der Waals surface area contributed by atoms with Gasteiger partial charge in [-0.2, -0.15) is 0 Å². The number of H-pyrrole nitrogens is 1. The Labute approximate surface area is 156 Å². The summed E-state index contributed by atoms with van der Waals surface area (Å²) >= 11 is 0. The normalized spacial score (nSPS) is 11.5. The van der Waals surface area contributed by atoms with E-state index in [9.17, 15) is 0 Å². The van der Waals surface area contributed by atoms with Crippen molar-refractivity contribution in [3.63, 3.8) is 0 Å². The molecule has 0 aliphatic heterocycles. The van der Waals surface area contributed by atoms with E-state index in [1.165, 1.54) is 5.39 Å². The summed E-state index contributed by atoms with van der Waals surface area (Å²) in [5.41, 5.74) is 0.998. The number of rotatable bonds is 3. The monoisotopic (exact) mass is 357 g/mol. The van der Waals surface area contributed by atoms with Crippen molar-refractivity contribution < 1.29 is 14.2 Å². The van der Waals surface area contributed by atoms with Crippen LogP contribution in [0.1, 0.15) is 0 Å². The molecule has 0 saturated carbocycles. The van der Waals surface area contributed by atoms with Crippen molar-refractivity contribution in [1.29, 1.82) is 0 Å². The molecule has 4 nitrogen and oxygen atoms in total. The van der Waals surface area contributed by atoms with Crippen molar-refractivity contribution in [1.82, 2.24) is 4.98 Å². The van der Waals surface area contributed by atoms with Gasteiger partial charge >= 0.3 is 0 Å². The van der Waals surface area contributed by atoms with E-state index in [1.807, 2.05) is 12.3 Å². The molecule has 0 amide bonds. The van der Waals surface area contributed by atoms with Gasteiger partial charge in [0.15, 0.2) is 0 Å². The first-order chi connectivity index (χ1) is 13.3. The number of hydrogen-bond donors (Lipinski definition) is 1. The number of nitrogens with one attached hydrogen (secondary N) is 1. The Morgan fingerprint density at radius 1 is 0.630 bits per heavy atom. The second-order valence-electron chi connectivity index (χ2n) is 6.57. The first kappa shape index (κ1) is 15.8. The molecule has 27 heavy (non-hydrogen) atoms. The first-order valence-corrected chi connectivity index (χ1v) is 8.81. The number of aromatic nitrogens is 1.